The molecule has 10 amide bonds. The highest BCUT2D eigenvalue weighted by Crippen LogP contribution is 2.35. The van der Waals surface area contributed by atoms with Crippen LogP contribution in [0.2, 0.25) is 5.02 Å². The molecule has 2 fully saturated rings. The van der Waals surface area contributed by atoms with Crippen LogP contribution in [-0.2, 0) is 67.0 Å². The molecule has 0 aliphatic carbocycles. The molecule has 508 valence electrons. The second-order valence-corrected chi connectivity index (χ2v) is 26.0. The Balaban J connectivity index is 1.72. The van der Waals surface area contributed by atoms with E-state index in [9.17, 15) is 66.2 Å². The highest BCUT2D eigenvalue weighted by molar-refractivity contribution is 6.31. The number of aliphatic hydroxyl groups is 1. The van der Waals surface area contributed by atoms with E-state index < -0.39 is 137 Å². The number of fused-ring (bicyclic) bond motifs is 1. The summed E-state index contributed by atoms with van der Waals surface area (Å²) in [6, 6.07) is 3.25. The van der Waals surface area contributed by atoms with Gasteiger partial charge < -0.3 is 55.4 Å². The highest BCUT2D eigenvalue weighted by atomic mass is 35.5. The number of hydrogen-bond acceptors (Lipinski definition) is 12. The number of nitrogens with one attached hydrogen (secondary N) is 3. The van der Waals surface area contributed by atoms with E-state index in [-0.39, 0.29) is 82.3 Å². The molecule has 26 heteroatoms. The molecule has 0 bridgehead atoms. The van der Waals surface area contributed by atoms with Crippen LogP contribution < -0.4 is 16.0 Å². The number of hydrogen-bond donors (Lipinski definition) is 4. The molecule has 2 aliphatic heterocycles. The molecule has 4 N–H and O–H groups in total. The first-order valence-corrected chi connectivity index (χ1v) is 31.9. The second-order valence-electron chi connectivity index (χ2n) is 25.6. The molecule has 0 aromatic heterocycles. The summed E-state index contributed by atoms with van der Waals surface area (Å²) < 4.78 is 41.1. The summed E-state index contributed by atoms with van der Waals surface area (Å²) in [6.07, 6.45) is -4.53. The Hall–Kier alpha value is -6.86. The van der Waals surface area contributed by atoms with Crippen LogP contribution in [-0.4, -0.2) is 234 Å². The number of carbonyl (C=O) groups is 10. The third-order valence-electron chi connectivity index (χ3n) is 17.6. The van der Waals surface area contributed by atoms with Crippen molar-refractivity contribution >= 4 is 70.7 Å². The van der Waals surface area contributed by atoms with Crippen molar-refractivity contribution in [2.75, 3.05) is 82.1 Å². The Bertz CT molecular complexity index is 2860. The smallest absolute Gasteiger partial charge is 0.376 e. The molecule has 0 spiro atoms. The zero-order chi connectivity index (χ0) is 68.5. The molecule has 2 aromatic rings. The lowest BCUT2D eigenvalue weighted by molar-refractivity contribution is -0.148. The van der Waals surface area contributed by atoms with Crippen LogP contribution in [0, 0.1) is 24.7 Å². The van der Waals surface area contributed by atoms with E-state index in [4.69, 9.17) is 11.6 Å². The lowest BCUT2D eigenvalue weighted by Gasteiger charge is -2.37. The quantitative estimate of drug-likeness (QED) is 0.252. The lowest BCUT2D eigenvalue weighted by Crippen LogP contribution is -2.58. The summed E-state index contributed by atoms with van der Waals surface area (Å²) in [7, 11) is 10.2. The van der Waals surface area contributed by atoms with Gasteiger partial charge in [0.25, 0.3) is 0 Å². The van der Waals surface area contributed by atoms with E-state index in [1.807, 2.05) is 52.0 Å². The van der Waals surface area contributed by atoms with Crippen molar-refractivity contribution < 1.29 is 66.2 Å². The molecular formula is C65H99ClF3N11O11. The number of aryl methyl sites for hydroxylation is 2. The van der Waals surface area contributed by atoms with Gasteiger partial charge in [-0.15, -0.1) is 0 Å². The molecule has 0 radical (unpaired) electrons. The van der Waals surface area contributed by atoms with Crippen molar-refractivity contribution in [1.82, 2.24) is 55.1 Å². The van der Waals surface area contributed by atoms with Gasteiger partial charge in [-0.05, 0) is 113 Å². The number of amides is 10. The average Bonchev–Trinajstić information content (AvgIpc) is 1.88. The Morgan fingerprint density at radius 2 is 1.32 bits per heavy atom. The van der Waals surface area contributed by atoms with E-state index >= 15 is 0 Å². The first-order chi connectivity index (χ1) is 42.5. The number of benzene rings is 2. The zero-order valence-electron chi connectivity index (χ0n) is 55.8. The summed E-state index contributed by atoms with van der Waals surface area (Å²) >= 11 is 6.07. The Morgan fingerprint density at radius 1 is 0.692 bits per heavy atom. The van der Waals surface area contributed by atoms with Crippen molar-refractivity contribution in [2.45, 2.75) is 181 Å². The van der Waals surface area contributed by atoms with Gasteiger partial charge in [0.2, 0.25) is 59.1 Å². The summed E-state index contributed by atoms with van der Waals surface area (Å²) in [4.78, 5) is 153. The van der Waals surface area contributed by atoms with Crippen LogP contribution in [0.25, 0.3) is 0 Å². The number of aliphatic hydroxyl groups excluding tert-OH is 1. The van der Waals surface area contributed by atoms with E-state index in [1.54, 1.807) is 34.7 Å². The van der Waals surface area contributed by atoms with Gasteiger partial charge in [0.1, 0.15) is 36.4 Å². The largest absolute Gasteiger partial charge is 0.417 e. The van der Waals surface area contributed by atoms with Crippen LogP contribution in [0.5, 0.6) is 0 Å². The number of β-amino-alcohol motifs (C(OH)–C–C–N with tert-alkyl or cyclic N) is 1. The fourth-order valence-corrected chi connectivity index (χ4v) is 11.7. The van der Waals surface area contributed by atoms with E-state index in [2.05, 4.69) is 16.0 Å². The fourth-order valence-electron chi connectivity index (χ4n) is 11.4. The average molecular weight is 1300 g/mol. The number of rotatable bonds is 10. The fraction of sp³-hybridized carbons (Fsp3) is 0.662. The van der Waals surface area contributed by atoms with Gasteiger partial charge in [-0.25, -0.2) is 0 Å². The van der Waals surface area contributed by atoms with Crippen LogP contribution in [0.15, 0.2) is 42.5 Å². The van der Waals surface area contributed by atoms with Crippen LogP contribution in [0.4, 0.5) is 13.2 Å². The summed E-state index contributed by atoms with van der Waals surface area (Å²) in [6.45, 7) is 13.4. The summed E-state index contributed by atoms with van der Waals surface area (Å²) in [5.74, 6) is -6.39. The number of nitrogens with zero attached hydrogens (tertiary/aromatic N) is 8. The van der Waals surface area contributed by atoms with Crippen LogP contribution >= 0.6 is 11.6 Å². The minimum absolute atomic E-state index is 0.0202. The third kappa shape index (κ3) is 21.6. The zero-order valence-corrected chi connectivity index (χ0v) is 56.6. The summed E-state index contributed by atoms with van der Waals surface area (Å²) in [5.41, 5.74) is 0.903. The van der Waals surface area contributed by atoms with Gasteiger partial charge in [-0.1, -0.05) is 95.5 Å². The molecule has 22 nitrogen and oxygen atoms in total. The van der Waals surface area contributed by atoms with Crippen molar-refractivity contribution in [3.8, 4) is 0 Å². The number of carbonyl (C=O) groups excluding carboxylic acids is 10. The van der Waals surface area contributed by atoms with E-state index in [1.165, 1.54) is 82.7 Å². The number of likely N-dealkylation sites (N-methyl/N-ethyl adjacent to an activating group) is 7. The Morgan fingerprint density at radius 3 is 1.91 bits per heavy atom. The first-order valence-electron chi connectivity index (χ1n) is 31.5. The number of halogens is 4. The Kier molecular flexibility index (Phi) is 29.2. The molecule has 2 aliphatic rings. The maximum atomic E-state index is 14.7. The van der Waals surface area contributed by atoms with Crippen molar-refractivity contribution in [2.24, 2.45) is 17.8 Å². The molecule has 4 rings (SSSR count). The maximum Gasteiger partial charge on any atom is 0.417 e. The van der Waals surface area contributed by atoms with Gasteiger partial charge in [0.05, 0.1) is 36.3 Å². The van der Waals surface area contributed by atoms with Crippen molar-refractivity contribution in [3.05, 3.63) is 69.7 Å². The standard InChI is InChI=1S/C65H99ClF3N11O11/c1-16-42(7)57-63(90)75(11)37-55(84)73(9)38-56(85)78(14)51(35-45-24-22-41(6)23-25-45)62(89)74(10)36-52(81)71-48(29-27-44-26-28-46(47(66)34-44)65(67,68)69)61(88)80-31-19-20-49(80)59(86)70-30-18-17-21-53(82)79(15)58(40(4)5)64(91)76(12)43(8)33-54(83)77(13)50(32-39(2)3)60(87)72-57/h22-26,28,34,39-40,42-43,48-51,56-58,85H,16-21,27,29-33,35-38H2,1-15H3,(H,70,86)(H,71,81)(H,72,87)/t42-,43+,48-,49-,50-,51-,56?,57-,58-/m0/s1. The van der Waals surface area contributed by atoms with E-state index in [0.29, 0.717) is 36.8 Å². The van der Waals surface area contributed by atoms with E-state index in [0.717, 1.165) is 22.6 Å². The highest BCUT2D eigenvalue weighted by Gasteiger charge is 2.41. The number of alkyl halides is 3. The molecule has 9 atom stereocenters. The minimum atomic E-state index is -4.73. The molecule has 2 saturated heterocycles. The predicted octanol–water partition coefficient (Wildman–Crippen LogP) is 4.74. The molecular weight excluding hydrogens is 1200 g/mol. The molecule has 91 heavy (non-hydrogen) atoms. The van der Waals surface area contributed by atoms with Gasteiger partial charge in [-0.3, -0.25) is 52.8 Å². The van der Waals surface area contributed by atoms with Gasteiger partial charge in [0, 0.05) is 74.3 Å². The second kappa shape index (κ2) is 34.7. The maximum absolute atomic E-state index is 14.7. The monoisotopic (exact) mass is 1300 g/mol. The molecule has 2 heterocycles. The predicted molar refractivity (Wildman–Crippen MR) is 339 cm³/mol. The van der Waals surface area contributed by atoms with Gasteiger partial charge >= 0.3 is 6.18 Å². The minimum Gasteiger partial charge on any atom is -0.376 e. The van der Waals surface area contributed by atoms with Crippen molar-refractivity contribution in [1.29, 1.82) is 0 Å². The van der Waals surface area contributed by atoms with Crippen LogP contribution in [0.3, 0.4) is 0 Å². The van der Waals surface area contributed by atoms with Gasteiger partial charge in [0.15, 0.2) is 0 Å². The third-order valence-corrected chi connectivity index (χ3v) is 17.9. The molecule has 1 unspecified atom stereocenters. The topological polar surface area (TPSA) is 253 Å². The van der Waals surface area contributed by atoms with Crippen LogP contribution in [0.1, 0.15) is 129 Å². The SMILES string of the molecule is CC[C@H](C)[C@@H]1NC(=O)[C@H](CC(C)C)N(C)C(=O)C[C@@H](C)N(C)C(=O)[C@H](C(C)C)N(C)C(=O)CCCCNC(=O)[C@@H]2CCCN2C(=O)[C@H](CCc2ccc(C(F)(F)F)c(Cl)c2)NC(=O)CN(C)C(=O)[C@H](Cc2ccc(C)cc2)N(C)C(O)CN(C)C(=O)CN(C)C1=O. The Labute approximate surface area is 540 Å². The molecule has 2 aromatic carbocycles. The lowest BCUT2D eigenvalue weighted by atomic mass is 9.95. The summed E-state index contributed by atoms with van der Waals surface area (Å²) in [5, 5.41) is 19.8. The normalized spacial score (nSPS) is 25.1. The molecule has 0 saturated carbocycles. The van der Waals surface area contributed by atoms with Crippen molar-refractivity contribution in [3.63, 3.8) is 0 Å². The first kappa shape index (κ1) is 76.6. The van der Waals surface area contributed by atoms with Gasteiger partial charge in [-0.2, -0.15) is 13.2 Å².